The Balaban J connectivity index is 2.02. The Morgan fingerprint density at radius 2 is 2.04 bits per heavy atom. The zero-order valence-corrected chi connectivity index (χ0v) is 16.5. The van der Waals surface area contributed by atoms with Gasteiger partial charge in [0.05, 0.1) is 17.7 Å². The summed E-state index contributed by atoms with van der Waals surface area (Å²) < 4.78 is 16.2. The van der Waals surface area contributed by atoms with E-state index in [1.54, 1.807) is 44.2 Å². The predicted molar refractivity (Wildman–Crippen MR) is 108 cm³/mol. The number of hydrogen-bond donors (Lipinski definition) is 0. The summed E-state index contributed by atoms with van der Waals surface area (Å²) >= 11 is 6.10. The summed E-state index contributed by atoms with van der Waals surface area (Å²) in [6, 6.07) is 6.90. The molecule has 144 valence electrons. The predicted octanol–water partition coefficient (Wildman–Crippen LogP) is 4.82. The van der Waals surface area contributed by atoms with Gasteiger partial charge in [-0.05, 0) is 63.1 Å². The maximum atomic E-state index is 11.6. The lowest BCUT2D eigenvalue weighted by atomic mass is 10.1. The summed E-state index contributed by atoms with van der Waals surface area (Å²) in [6.07, 6.45) is 5.55. The molecule has 5 nitrogen and oxygen atoms in total. The number of alkyl halides is 1. The molecule has 1 unspecified atom stereocenters. The van der Waals surface area contributed by atoms with Gasteiger partial charge in [-0.2, -0.15) is 0 Å². The number of rotatable bonds is 7. The molecule has 1 aliphatic carbocycles. The molecule has 27 heavy (non-hydrogen) atoms. The van der Waals surface area contributed by atoms with E-state index in [-0.39, 0.29) is 5.38 Å². The molecular formula is C21H24ClNO4. The van der Waals surface area contributed by atoms with Crippen LogP contribution >= 0.6 is 11.6 Å². The first-order valence-corrected chi connectivity index (χ1v) is 9.22. The molecule has 0 aromatic heterocycles. The summed E-state index contributed by atoms with van der Waals surface area (Å²) in [5.41, 5.74) is 1.82. The fourth-order valence-electron chi connectivity index (χ4n) is 2.39. The van der Waals surface area contributed by atoms with Crippen LogP contribution in [0.1, 0.15) is 27.2 Å². The van der Waals surface area contributed by atoms with Crippen LogP contribution in [-0.4, -0.2) is 30.0 Å². The fraction of sp³-hybridized carbons (Fsp3) is 0.333. The Hall–Kier alpha value is -2.53. The van der Waals surface area contributed by atoms with E-state index in [4.69, 9.17) is 25.8 Å². The van der Waals surface area contributed by atoms with Crippen molar-refractivity contribution in [2.24, 2.45) is 4.99 Å². The first-order chi connectivity index (χ1) is 12.9. The molecule has 2 atom stereocenters. The van der Waals surface area contributed by atoms with Crippen LogP contribution in [0.2, 0.25) is 0 Å². The number of carbonyl (C=O) groups is 1. The number of hydrogen-bond acceptors (Lipinski definition) is 5. The molecule has 1 aliphatic rings. The van der Waals surface area contributed by atoms with Crippen molar-refractivity contribution in [1.82, 2.24) is 0 Å². The molecule has 0 bridgehead atoms. The highest BCUT2D eigenvalue weighted by Crippen LogP contribution is 2.24. The van der Waals surface area contributed by atoms with E-state index in [1.165, 1.54) is 0 Å². The van der Waals surface area contributed by atoms with Gasteiger partial charge in [0.25, 0.3) is 0 Å². The van der Waals surface area contributed by atoms with Crippen molar-refractivity contribution >= 4 is 23.5 Å². The van der Waals surface area contributed by atoms with E-state index < -0.39 is 12.1 Å². The molecule has 2 rings (SSSR count). The number of aliphatic imine (C=N–C) groups is 1. The lowest BCUT2D eigenvalue weighted by molar-refractivity contribution is -0.150. The summed E-state index contributed by atoms with van der Waals surface area (Å²) in [4.78, 5) is 16.1. The van der Waals surface area contributed by atoms with Crippen LogP contribution in [0.4, 0.5) is 0 Å². The summed E-state index contributed by atoms with van der Waals surface area (Å²) in [5.74, 6) is 1.11. The van der Waals surface area contributed by atoms with Gasteiger partial charge >= 0.3 is 5.97 Å². The molecule has 0 spiro atoms. The molecule has 0 heterocycles. The van der Waals surface area contributed by atoms with Crippen molar-refractivity contribution in [2.45, 2.75) is 38.7 Å². The van der Waals surface area contributed by atoms with Gasteiger partial charge in [0, 0.05) is 0 Å². The van der Waals surface area contributed by atoms with E-state index in [9.17, 15) is 4.79 Å². The average molecular weight is 390 g/mol. The molecule has 0 radical (unpaired) electrons. The van der Waals surface area contributed by atoms with Crippen molar-refractivity contribution in [3.8, 4) is 11.5 Å². The van der Waals surface area contributed by atoms with Gasteiger partial charge in [-0.15, -0.1) is 11.6 Å². The van der Waals surface area contributed by atoms with Crippen molar-refractivity contribution in [2.75, 3.05) is 6.61 Å². The monoisotopic (exact) mass is 389 g/mol. The largest absolute Gasteiger partial charge is 0.479 e. The van der Waals surface area contributed by atoms with Gasteiger partial charge in [0.1, 0.15) is 11.5 Å². The normalized spacial score (nSPS) is 18.1. The molecule has 0 saturated heterocycles. The molecular weight excluding hydrogens is 366 g/mol. The second kappa shape index (κ2) is 9.97. The number of esters is 1. The van der Waals surface area contributed by atoms with Crippen LogP contribution in [0, 0.1) is 0 Å². The first kappa shape index (κ1) is 20.8. The highest BCUT2D eigenvalue weighted by Gasteiger charge is 2.15. The number of benzene rings is 1. The maximum absolute atomic E-state index is 11.6. The quantitative estimate of drug-likeness (QED) is 0.290. The Morgan fingerprint density at radius 1 is 1.37 bits per heavy atom. The van der Waals surface area contributed by atoms with Gasteiger partial charge in [-0.3, -0.25) is 0 Å². The number of allylic oxidation sites excluding steroid dienone is 3. The van der Waals surface area contributed by atoms with E-state index in [1.807, 2.05) is 19.1 Å². The van der Waals surface area contributed by atoms with Gasteiger partial charge in [-0.1, -0.05) is 18.7 Å². The molecule has 0 N–H and O–H groups in total. The summed E-state index contributed by atoms with van der Waals surface area (Å²) in [7, 11) is 0. The smallest absolute Gasteiger partial charge is 0.347 e. The zero-order valence-electron chi connectivity index (χ0n) is 15.8. The standard InChI is InChI=1S/C21H24ClNO4/c1-5-20(23-19-12-7-16(22)13-14(19)3)27-18-10-8-17(9-11-18)26-15(4)21(24)25-6-2/h5,8-13,15-16H,1,6-7H2,2-4H3/t15-,16?/m0/s1. The molecule has 1 aromatic carbocycles. The molecule has 6 heteroatoms. The van der Waals surface area contributed by atoms with Gasteiger partial charge in [0.2, 0.25) is 5.90 Å². The lowest BCUT2D eigenvalue weighted by Gasteiger charge is -2.14. The van der Waals surface area contributed by atoms with Crippen LogP contribution in [0.25, 0.3) is 0 Å². The second-order valence-electron chi connectivity index (χ2n) is 5.93. The Labute approximate surface area is 165 Å². The van der Waals surface area contributed by atoms with E-state index >= 15 is 0 Å². The molecule has 0 saturated carbocycles. The van der Waals surface area contributed by atoms with Crippen LogP contribution < -0.4 is 9.47 Å². The minimum absolute atomic E-state index is 0.00148. The minimum Gasteiger partial charge on any atom is -0.479 e. The van der Waals surface area contributed by atoms with Crippen molar-refractivity contribution in [3.05, 3.63) is 60.3 Å². The highest BCUT2D eigenvalue weighted by atomic mass is 35.5. The molecule has 0 fully saturated rings. The highest BCUT2D eigenvalue weighted by molar-refractivity contribution is 6.22. The fourth-order valence-corrected chi connectivity index (χ4v) is 2.67. The van der Waals surface area contributed by atoms with E-state index in [2.05, 4.69) is 11.6 Å². The Bertz CT molecular complexity index is 765. The SMILES string of the molecule is C=CC(=NC1=CCC(Cl)C=C1C)Oc1ccc(O[C@@H](C)C(=O)OCC)cc1. The molecule has 1 aromatic rings. The van der Waals surface area contributed by atoms with Crippen molar-refractivity contribution in [1.29, 1.82) is 0 Å². The molecule has 0 amide bonds. The number of ether oxygens (including phenoxy) is 3. The summed E-state index contributed by atoms with van der Waals surface area (Å²) in [5, 5.41) is 0.00148. The topological polar surface area (TPSA) is 57.1 Å². The Morgan fingerprint density at radius 3 is 2.63 bits per heavy atom. The third-order valence-electron chi connectivity index (χ3n) is 3.75. The number of halogens is 1. The Kier molecular flexibility index (Phi) is 7.67. The van der Waals surface area contributed by atoms with Crippen LogP contribution in [-0.2, 0) is 9.53 Å². The average Bonchev–Trinajstić information content (AvgIpc) is 2.64. The van der Waals surface area contributed by atoms with Gasteiger partial charge in [0.15, 0.2) is 6.10 Å². The maximum Gasteiger partial charge on any atom is 0.347 e. The van der Waals surface area contributed by atoms with Gasteiger partial charge in [-0.25, -0.2) is 9.79 Å². The van der Waals surface area contributed by atoms with Crippen molar-refractivity contribution in [3.63, 3.8) is 0 Å². The minimum atomic E-state index is -0.680. The first-order valence-electron chi connectivity index (χ1n) is 8.78. The molecule has 0 aliphatic heterocycles. The van der Waals surface area contributed by atoms with Crippen LogP contribution in [0.5, 0.6) is 11.5 Å². The summed E-state index contributed by atoms with van der Waals surface area (Å²) in [6.45, 7) is 9.43. The lowest BCUT2D eigenvalue weighted by Crippen LogP contribution is -2.26. The number of carbonyl (C=O) groups excluding carboxylic acids is 1. The van der Waals surface area contributed by atoms with Crippen molar-refractivity contribution < 1.29 is 19.0 Å². The third kappa shape index (κ3) is 6.29. The van der Waals surface area contributed by atoms with E-state index in [0.717, 1.165) is 17.7 Å². The second-order valence-corrected chi connectivity index (χ2v) is 6.49. The number of nitrogens with zero attached hydrogens (tertiary/aromatic N) is 1. The zero-order chi connectivity index (χ0) is 19.8. The van der Waals surface area contributed by atoms with Gasteiger partial charge < -0.3 is 14.2 Å². The third-order valence-corrected chi connectivity index (χ3v) is 4.06. The van der Waals surface area contributed by atoms with Crippen LogP contribution in [0.15, 0.2) is 65.3 Å². The van der Waals surface area contributed by atoms with E-state index in [0.29, 0.717) is 24.0 Å². The van der Waals surface area contributed by atoms with Crippen LogP contribution in [0.3, 0.4) is 0 Å².